The van der Waals surface area contributed by atoms with Crippen LogP contribution in [0.5, 0.6) is 0 Å². The summed E-state index contributed by atoms with van der Waals surface area (Å²) in [5, 5.41) is 2.70. The van der Waals surface area contributed by atoms with E-state index in [1.807, 2.05) is 19.0 Å². The van der Waals surface area contributed by atoms with E-state index >= 15 is 0 Å². The molecule has 0 aliphatic heterocycles. The van der Waals surface area contributed by atoms with Gasteiger partial charge < -0.3 is 26.4 Å². The monoisotopic (exact) mass is 280 g/mol. The summed E-state index contributed by atoms with van der Waals surface area (Å²) in [5.41, 5.74) is 12.4. The van der Waals surface area contributed by atoms with E-state index in [0.717, 1.165) is 5.69 Å². The SMILES string of the molecule is CN(C)c1ccc(N)cc1C(=O)NCCOCC(N)=O. The highest BCUT2D eigenvalue weighted by molar-refractivity contribution is 6.00. The molecule has 0 bridgehead atoms. The topological polar surface area (TPSA) is 111 Å². The van der Waals surface area contributed by atoms with Gasteiger partial charge >= 0.3 is 0 Å². The Morgan fingerprint density at radius 1 is 1.35 bits per heavy atom. The molecule has 7 nitrogen and oxygen atoms in total. The third kappa shape index (κ3) is 4.77. The smallest absolute Gasteiger partial charge is 0.253 e. The van der Waals surface area contributed by atoms with Crippen LogP contribution >= 0.6 is 0 Å². The van der Waals surface area contributed by atoms with Crippen LogP contribution in [-0.4, -0.2) is 45.7 Å². The van der Waals surface area contributed by atoms with Crippen LogP contribution in [0, 0.1) is 0 Å². The van der Waals surface area contributed by atoms with Gasteiger partial charge in [-0.2, -0.15) is 0 Å². The first-order chi connectivity index (χ1) is 9.41. The summed E-state index contributed by atoms with van der Waals surface area (Å²) < 4.78 is 4.96. The molecule has 1 aromatic rings. The molecule has 0 aromatic heterocycles. The quantitative estimate of drug-likeness (QED) is 0.463. The number of nitrogens with one attached hydrogen (secondary N) is 1. The van der Waals surface area contributed by atoms with Gasteiger partial charge in [0.15, 0.2) is 0 Å². The zero-order chi connectivity index (χ0) is 15.1. The van der Waals surface area contributed by atoms with Crippen molar-refractivity contribution in [2.45, 2.75) is 0 Å². The second-order valence-corrected chi connectivity index (χ2v) is 4.45. The Labute approximate surface area is 117 Å². The average molecular weight is 280 g/mol. The van der Waals surface area contributed by atoms with Crippen molar-refractivity contribution >= 4 is 23.2 Å². The minimum Gasteiger partial charge on any atom is -0.399 e. The number of nitrogens with zero attached hydrogens (tertiary/aromatic N) is 1. The molecule has 1 aromatic carbocycles. The average Bonchev–Trinajstić information content (AvgIpc) is 2.37. The van der Waals surface area contributed by atoms with Crippen molar-refractivity contribution in [3.63, 3.8) is 0 Å². The normalized spacial score (nSPS) is 10.1. The Morgan fingerprint density at radius 3 is 2.65 bits per heavy atom. The maximum atomic E-state index is 12.1. The molecule has 1 rings (SSSR count). The van der Waals surface area contributed by atoms with Crippen LogP contribution in [0.2, 0.25) is 0 Å². The van der Waals surface area contributed by atoms with Crippen LogP contribution in [0.3, 0.4) is 0 Å². The number of primary amides is 1. The van der Waals surface area contributed by atoms with Crippen molar-refractivity contribution < 1.29 is 14.3 Å². The van der Waals surface area contributed by atoms with Crippen molar-refractivity contribution in [1.29, 1.82) is 0 Å². The summed E-state index contributed by atoms with van der Waals surface area (Å²) in [6, 6.07) is 5.14. The molecule has 0 aliphatic carbocycles. The summed E-state index contributed by atoms with van der Waals surface area (Å²) in [5.74, 6) is -0.786. The van der Waals surface area contributed by atoms with Crippen LogP contribution in [0.1, 0.15) is 10.4 Å². The van der Waals surface area contributed by atoms with E-state index in [-0.39, 0.29) is 25.7 Å². The van der Waals surface area contributed by atoms with Crippen LogP contribution in [-0.2, 0) is 9.53 Å². The lowest BCUT2D eigenvalue weighted by Gasteiger charge is -2.17. The molecule has 0 heterocycles. The maximum absolute atomic E-state index is 12.1. The van der Waals surface area contributed by atoms with Gasteiger partial charge in [0.2, 0.25) is 5.91 Å². The van der Waals surface area contributed by atoms with Gasteiger partial charge in [-0.25, -0.2) is 0 Å². The van der Waals surface area contributed by atoms with E-state index in [4.69, 9.17) is 16.2 Å². The Morgan fingerprint density at radius 2 is 2.05 bits per heavy atom. The van der Waals surface area contributed by atoms with Crippen molar-refractivity contribution in [3.8, 4) is 0 Å². The lowest BCUT2D eigenvalue weighted by Crippen LogP contribution is -2.30. The summed E-state index contributed by atoms with van der Waals surface area (Å²) >= 11 is 0. The number of anilines is 2. The molecule has 0 fully saturated rings. The van der Waals surface area contributed by atoms with Crippen molar-refractivity contribution in [2.24, 2.45) is 5.73 Å². The fourth-order valence-corrected chi connectivity index (χ4v) is 1.63. The number of amides is 2. The minimum absolute atomic E-state index is 0.156. The first kappa shape index (κ1) is 15.8. The molecular weight excluding hydrogens is 260 g/mol. The molecule has 110 valence electrons. The molecule has 0 saturated carbocycles. The summed E-state index contributed by atoms with van der Waals surface area (Å²) in [6.45, 7) is 0.346. The number of carbonyl (C=O) groups excluding carboxylic acids is 2. The van der Waals surface area contributed by atoms with Crippen LogP contribution < -0.4 is 21.7 Å². The van der Waals surface area contributed by atoms with Gasteiger partial charge in [0.25, 0.3) is 5.91 Å². The Bertz CT molecular complexity index is 489. The third-order valence-electron chi connectivity index (χ3n) is 2.52. The molecular formula is C13H20N4O3. The number of nitrogens with two attached hydrogens (primary N) is 2. The highest BCUT2D eigenvalue weighted by Gasteiger charge is 2.12. The second kappa shape index (κ2) is 7.34. The van der Waals surface area contributed by atoms with Gasteiger partial charge in [-0.15, -0.1) is 0 Å². The zero-order valence-corrected chi connectivity index (χ0v) is 11.7. The standard InChI is InChI=1S/C13H20N4O3/c1-17(2)11-4-3-9(14)7-10(11)13(19)16-5-6-20-8-12(15)18/h3-4,7H,5-6,8,14H2,1-2H3,(H2,15,18)(H,16,19). The number of ether oxygens (including phenoxy) is 1. The third-order valence-corrected chi connectivity index (χ3v) is 2.52. The van der Waals surface area contributed by atoms with Crippen molar-refractivity contribution in [2.75, 3.05) is 44.5 Å². The minimum atomic E-state index is -0.540. The van der Waals surface area contributed by atoms with Crippen molar-refractivity contribution in [3.05, 3.63) is 23.8 Å². The molecule has 5 N–H and O–H groups in total. The highest BCUT2D eigenvalue weighted by Crippen LogP contribution is 2.21. The summed E-state index contributed by atoms with van der Waals surface area (Å²) in [6.07, 6.45) is 0. The van der Waals surface area contributed by atoms with Gasteiger partial charge in [0.05, 0.1) is 12.2 Å². The number of nitrogen functional groups attached to an aromatic ring is 1. The fourth-order valence-electron chi connectivity index (χ4n) is 1.63. The fraction of sp³-hybridized carbons (Fsp3) is 0.385. The van der Waals surface area contributed by atoms with E-state index in [0.29, 0.717) is 11.3 Å². The molecule has 2 amide bonds. The van der Waals surface area contributed by atoms with Gasteiger partial charge in [-0.1, -0.05) is 0 Å². The number of hydrogen-bond acceptors (Lipinski definition) is 5. The second-order valence-electron chi connectivity index (χ2n) is 4.45. The lowest BCUT2D eigenvalue weighted by atomic mass is 10.1. The van der Waals surface area contributed by atoms with E-state index in [1.54, 1.807) is 18.2 Å². The molecule has 7 heteroatoms. The predicted molar refractivity (Wildman–Crippen MR) is 77.5 cm³/mol. The highest BCUT2D eigenvalue weighted by atomic mass is 16.5. The lowest BCUT2D eigenvalue weighted by molar-refractivity contribution is -0.122. The molecule has 0 aliphatic rings. The molecule has 0 spiro atoms. The first-order valence-corrected chi connectivity index (χ1v) is 6.13. The number of carbonyl (C=O) groups is 2. The molecule has 0 saturated heterocycles. The Balaban J connectivity index is 2.58. The summed E-state index contributed by atoms with van der Waals surface area (Å²) in [4.78, 5) is 24.4. The largest absolute Gasteiger partial charge is 0.399 e. The zero-order valence-electron chi connectivity index (χ0n) is 11.7. The van der Waals surface area contributed by atoms with Gasteiger partial charge in [0.1, 0.15) is 6.61 Å². The molecule has 0 atom stereocenters. The molecule has 20 heavy (non-hydrogen) atoms. The Kier molecular flexibility index (Phi) is 5.79. The van der Waals surface area contributed by atoms with Crippen LogP contribution in [0.25, 0.3) is 0 Å². The van der Waals surface area contributed by atoms with E-state index in [2.05, 4.69) is 5.32 Å². The molecule has 0 unspecified atom stereocenters. The number of rotatable bonds is 7. The Hall–Kier alpha value is -2.28. The molecule has 0 radical (unpaired) electrons. The maximum Gasteiger partial charge on any atom is 0.253 e. The van der Waals surface area contributed by atoms with E-state index in [9.17, 15) is 9.59 Å². The predicted octanol–water partition coefficient (Wildman–Crippen LogP) is -0.433. The van der Waals surface area contributed by atoms with E-state index < -0.39 is 5.91 Å². The number of benzene rings is 1. The van der Waals surface area contributed by atoms with Gasteiger partial charge in [-0.3, -0.25) is 9.59 Å². The van der Waals surface area contributed by atoms with E-state index in [1.165, 1.54) is 0 Å². The van der Waals surface area contributed by atoms with Crippen LogP contribution in [0.4, 0.5) is 11.4 Å². The van der Waals surface area contributed by atoms with Gasteiger partial charge in [-0.05, 0) is 18.2 Å². The van der Waals surface area contributed by atoms with Gasteiger partial charge in [0, 0.05) is 32.0 Å². The summed E-state index contributed by atoms with van der Waals surface area (Å²) in [7, 11) is 3.69. The number of hydrogen-bond donors (Lipinski definition) is 3. The van der Waals surface area contributed by atoms with Crippen LogP contribution in [0.15, 0.2) is 18.2 Å². The van der Waals surface area contributed by atoms with Crippen molar-refractivity contribution in [1.82, 2.24) is 5.32 Å². The first-order valence-electron chi connectivity index (χ1n) is 6.13.